The molecular weight excluding hydrogens is 412 g/mol. The number of nitrogens with zero attached hydrogens (tertiary/aromatic N) is 1. The molecule has 0 spiro atoms. The molecule has 31 heavy (non-hydrogen) atoms. The third-order valence-electron chi connectivity index (χ3n) is 4.89. The smallest absolute Gasteiger partial charge is 0.303 e. The van der Waals surface area contributed by atoms with Gasteiger partial charge in [0.05, 0.1) is 0 Å². The van der Waals surface area contributed by atoms with Gasteiger partial charge in [-0.15, -0.1) is 11.3 Å². The van der Waals surface area contributed by atoms with Crippen LogP contribution < -0.4 is 5.32 Å². The molecule has 0 aliphatic heterocycles. The maximum Gasteiger partial charge on any atom is 0.303 e. The number of hydrogen-bond donors (Lipinski definition) is 1. The molecule has 3 unspecified atom stereocenters. The van der Waals surface area contributed by atoms with Crippen molar-refractivity contribution in [1.82, 2.24) is 10.3 Å². The van der Waals surface area contributed by atoms with E-state index in [9.17, 15) is 14.4 Å². The molecule has 0 bridgehead atoms. The average Bonchev–Trinajstić information content (AvgIpc) is 3.21. The molecule has 2 aromatic rings. The molecule has 1 amide bonds. The Morgan fingerprint density at radius 2 is 1.87 bits per heavy atom. The summed E-state index contributed by atoms with van der Waals surface area (Å²) in [7, 11) is 0. The lowest BCUT2D eigenvalue weighted by Gasteiger charge is -2.20. The van der Waals surface area contributed by atoms with Crippen LogP contribution in [0.1, 0.15) is 74.1 Å². The fraction of sp³-hybridized carbons (Fsp3) is 0.500. The summed E-state index contributed by atoms with van der Waals surface area (Å²) in [6.45, 7) is 7.44. The SMILES string of the molecule is CC(=O)OC(CCC(C)C)c1nc(C(=O)NC(Cc2ccccc2)CC(C)C=O)cs1. The Balaban J connectivity index is 2.11. The van der Waals surface area contributed by atoms with Crippen molar-refractivity contribution in [3.8, 4) is 0 Å². The van der Waals surface area contributed by atoms with E-state index in [1.165, 1.54) is 18.3 Å². The minimum atomic E-state index is -0.443. The van der Waals surface area contributed by atoms with Gasteiger partial charge in [-0.1, -0.05) is 51.1 Å². The van der Waals surface area contributed by atoms with Crippen LogP contribution in [-0.2, 0) is 20.7 Å². The summed E-state index contributed by atoms with van der Waals surface area (Å²) in [5.74, 6) is -0.337. The van der Waals surface area contributed by atoms with Gasteiger partial charge in [0.25, 0.3) is 5.91 Å². The van der Waals surface area contributed by atoms with Gasteiger partial charge < -0.3 is 14.8 Å². The summed E-state index contributed by atoms with van der Waals surface area (Å²) in [6.07, 6.45) is 3.20. The normalized spacial score (nSPS) is 14.0. The number of carbonyl (C=O) groups excluding carboxylic acids is 3. The lowest BCUT2D eigenvalue weighted by Crippen LogP contribution is -2.38. The number of thiazole rings is 1. The van der Waals surface area contributed by atoms with E-state index < -0.39 is 6.10 Å². The Bertz CT molecular complexity index is 850. The van der Waals surface area contributed by atoms with E-state index in [0.717, 1.165) is 18.3 Å². The summed E-state index contributed by atoms with van der Waals surface area (Å²) in [6, 6.07) is 9.67. The summed E-state index contributed by atoms with van der Waals surface area (Å²) < 4.78 is 5.45. The lowest BCUT2D eigenvalue weighted by atomic mass is 9.97. The molecule has 1 heterocycles. The number of esters is 1. The van der Waals surface area contributed by atoms with Crippen molar-refractivity contribution in [2.24, 2.45) is 11.8 Å². The van der Waals surface area contributed by atoms with Crippen molar-refractivity contribution in [3.05, 3.63) is 52.0 Å². The minimum absolute atomic E-state index is 0.163. The number of ether oxygens (including phenoxy) is 1. The second kappa shape index (κ2) is 12.3. The number of hydrogen-bond acceptors (Lipinski definition) is 6. The average molecular weight is 445 g/mol. The highest BCUT2D eigenvalue weighted by Crippen LogP contribution is 2.28. The first kappa shape index (κ1) is 24.7. The van der Waals surface area contributed by atoms with E-state index in [1.807, 2.05) is 37.3 Å². The molecular formula is C24H32N2O4S. The molecule has 3 atom stereocenters. The summed E-state index contributed by atoms with van der Waals surface area (Å²) in [5, 5.41) is 5.35. The Hall–Kier alpha value is -2.54. The van der Waals surface area contributed by atoms with Gasteiger partial charge in [-0.25, -0.2) is 4.98 Å². The van der Waals surface area contributed by atoms with Crippen LogP contribution in [-0.4, -0.2) is 29.2 Å². The molecule has 0 aliphatic rings. The van der Waals surface area contributed by atoms with Crippen LogP contribution in [0.15, 0.2) is 35.7 Å². The van der Waals surface area contributed by atoms with Crippen LogP contribution in [0.4, 0.5) is 0 Å². The van der Waals surface area contributed by atoms with E-state index in [2.05, 4.69) is 24.1 Å². The predicted molar refractivity (Wildman–Crippen MR) is 122 cm³/mol. The molecule has 0 aliphatic carbocycles. The van der Waals surface area contributed by atoms with Crippen molar-refractivity contribution >= 4 is 29.5 Å². The van der Waals surface area contributed by atoms with Gasteiger partial charge in [0.15, 0.2) is 6.10 Å². The topological polar surface area (TPSA) is 85.4 Å². The van der Waals surface area contributed by atoms with Crippen molar-refractivity contribution in [3.63, 3.8) is 0 Å². The highest BCUT2D eigenvalue weighted by molar-refractivity contribution is 7.09. The summed E-state index contributed by atoms with van der Waals surface area (Å²) in [4.78, 5) is 40.0. The first-order valence-corrected chi connectivity index (χ1v) is 11.6. The molecule has 7 heteroatoms. The van der Waals surface area contributed by atoms with Gasteiger partial charge >= 0.3 is 5.97 Å². The monoisotopic (exact) mass is 444 g/mol. The van der Waals surface area contributed by atoms with Crippen molar-refractivity contribution in [2.75, 3.05) is 0 Å². The van der Waals surface area contributed by atoms with Crippen LogP contribution in [0.3, 0.4) is 0 Å². The van der Waals surface area contributed by atoms with Gasteiger partial charge in [-0.05, 0) is 37.2 Å². The van der Waals surface area contributed by atoms with Gasteiger partial charge in [0, 0.05) is 24.3 Å². The molecule has 1 aromatic carbocycles. The molecule has 0 radical (unpaired) electrons. The highest BCUT2D eigenvalue weighted by Gasteiger charge is 2.23. The van der Waals surface area contributed by atoms with E-state index in [1.54, 1.807) is 5.38 Å². The highest BCUT2D eigenvalue weighted by atomic mass is 32.1. The third kappa shape index (κ3) is 8.61. The van der Waals surface area contributed by atoms with E-state index in [-0.39, 0.29) is 23.8 Å². The number of rotatable bonds is 12. The molecule has 1 aromatic heterocycles. The van der Waals surface area contributed by atoms with E-state index >= 15 is 0 Å². The number of aromatic nitrogens is 1. The standard InChI is InChI=1S/C24H32N2O4S/c1-16(2)10-11-22(30-18(4)28)24-26-21(15-31-24)23(29)25-20(12-17(3)14-27)13-19-8-6-5-7-9-19/h5-9,14-17,20,22H,10-13H2,1-4H3,(H,25,29). The number of aldehydes is 1. The molecule has 0 saturated heterocycles. The van der Waals surface area contributed by atoms with Crippen molar-refractivity contribution in [2.45, 2.75) is 65.5 Å². The zero-order valence-corrected chi connectivity index (χ0v) is 19.5. The van der Waals surface area contributed by atoms with Crippen LogP contribution in [0.2, 0.25) is 0 Å². The molecule has 0 fully saturated rings. The largest absolute Gasteiger partial charge is 0.455 e. The van der Waals surface area contributed by atoms with Crippen LogP contribution in [0.5, 0.6) is 0 Å². The quantitative estimate of drug-likeness (QED) is 0.377. The molecule has 1 N–H and O–H groups in total. The van der Waals surface area contributed by atoms with Crippen molar-refractivity contribution < 1.29 is 19.1 Å². The van der Waals surface area contributed by atoms with Crippen LogP contribution >= 0.6 is 11.3 Å². The number of nitrogens with one attached hydrogen (secondary N) is 1. The zero-order chi connectivity index (χ0) is 22.8. The third-order valence-corrected chi connectivity index (χ3v) is 5.83. The fourth-order valence-electron chi connectivity index (χ4n) is 3.31. The van der Waals surface area contributed by atoms with E-state index in [4.69, 9.17) is 4.74 Å². The van der Waals surface area contributed by atoms with Crippen molar-refractivity contribution in [1.29, 1.82) is 0 Å². The second-order valence-corrected chi connectivity index (χ2v) is 9.24. The molecule has 2 rings (SSSR count). The predicted octanol–water partition coefficient (Wildman–Crippen LogP) is 4.75. The fourth-order valence-corrected chi connectivity index (χ4v) is 4.17. The maximum atomic E-state index is 12.9. The Kier molecular flexibility index (Phi) is 9.85. The number of benzene rings is 1. The van der Waals surface area contributed by atoms with Gasteiger partial charge in [0.2, 0.25) is 0 Å². The van der Waals surface area contributed by atoms with E-state index in [0.29, 0.717) is 35.9 Å². The number of amides is 1. The number of carbonyl (C=O) groups is 3. The molecule has 0 saturated carbocycles. The Morgan fingerprint density at radius 3 is 2.48 bits per heavy atom. The van der Waals surface area contributed by atoms with Gasteiger partial charge in [-0.3, -0.25) is 9.59 Å². The Morgan fingerprint density at radius 1 is 1.16 bits per heavy atom. The first-order valence-electron chi connectivity index (χ1n) is 10.7. The van der Waals surface area contributed by atoms with Gasteiger partial charge in [0.1, 0.15) is 17.0 Å². The second-order valence-electron chi connectivity index (χ2n) is 8.35. The minimum Gasteiger partial charge on any atom is -0.455 e. The Labute approximate surface area is 188 Å². The first-order chi connectivity index (χ1) is 14.8. The molecule has 6 nitrogen and oxygen atoms in total. The summed E-state index contributed by atoms with van der Waals surface area (Å²) >= 11 is 1.32. The zero-order valence-electron chi connectivity index (χ0n) is 18.7. The summed E-state index contributed by atoms with van der Waals surface area (Å²) in [5.41, 5.74) is 1.40. The van der Waals surface area contributed by atoms with Crippen LogP contribution in [0, 0.1) is 11.8 Å². The van der Waals surface area contributed by atoms with Crippen LogP contribution in [0.25, 0.3) is 0 Å². The van der Waals surface area contributed by atoms with Gasteiger partial charge in [-0.2, -0.15) is 0 Å². The lowest BCUT2D eigenvalue weighted by molar-refractivity contribution is -0.147. The maximum absolute atomic E-state index is 12.9. The molecule has 168 valence electrons.